The van der Waals surface area contributed by atoms with E-state index in [1.807, 2.05) is 24.0 Å². The van der Waals surface area contributed by atoms with E-state index in [0.29, 0.717) is 17.5 Å². The molecule has 26 heavy (non-hydrogen) atoms. The monoisotopic (exact) mass is 352 g/mol. The number of hydrogen-bond donors (Lipinski definition) is 0. The van der Waals surface area contributed by atoms with Gasteiger partial charge in [-0.05, 0) is 44.7 Å². The number of aryl methyl sites for hydroxylation is 1. The Hall–Kier alpha value is -2.50. The highest BCUT2D eigenvalue weighted by Crippen LogP contribution is 2.36. The molecule has 6 heteroatoms. The number of carbonyl (C=O) groups is 1. The predicted octanol–water partition coefficient (Wildman–Crippen LogP) is 3.83. The molecule has 1 atom stereocenters. The van der Waals surface area contributed by atoms with Gasteiger partial charge in [-0.15, -0.1) is 0 Å². The standard InChI is InChI=1S/C20H24N4O2/c1-14-18(9-4-10-22-14)26-19-13-21-12-16(23-19)17-8-5-11-24(17)20(25)15-6-2-3-7-15/h4,9-10,12-13,15,17H,2-3,5-8,11H2,1H3. The first-order valence-electron chi connectivity index (χ1n) is 9.44. The number of pyridine rings is 1. The second-order valence-electron chi connectivity index (χ2n) is 7.14. The molecular weight excluding hydrogens is 328 g/mol. The van der Waals surface area contributed by atoms with Crippen molar-refractivity contribution in [2.24, 2.45) is 5.92 Å². The average molecular weight is 352 g/mol. The Balaban J connectivity index is 1.53. The second kappa shape index (κ2) is 7.40. The number of aromatic nitrogens is 3. The van der Waals surface area contributed by atoms with Crippen molar-refractivity contribution in [1.29, 1.82) is 0 Å². The van der Waals surface area contributed by atoms with Crippen molar-refractivity contribution in [3.8, 4) is 11.6 Å². The van der Waals surface area contributed by atoms with Crippen LogP contribution in [0.1, 0.15) is 56.0 Å². The van der Waals surface area contributed by atoms with Crippen LogP contribution in [0.15, 0.2) is 30.7 Å². The topological polar surface area (TPSA) is 68.2 Å². The number of rotatable bonds is 4. The fourth-order valence-corrected chi connectivity index (χ4v) is 4.01. The van der Waals surface area contributed by atoms with Crippen LogP contribution in [0.2, 0.25) is 0 Å². The zero-order valence-electron chi connectivity index (χ0n) is 15.1. The zero-order valence-corrected chi connectivity index (χ0v) is 15.1. The Kier molecular flexibility index (Phi) is 4.82. The highest BCUT2D eigenvalue weighted by molar-refractivity contribution is 5.79. The number of likely N-dealkylation sites (tertiary alicyclic amines) is 1. The van der Waals surface area contributed by atoms with Gasteiger partial charge < -0.3 is 9.64 Å². The Bertz CT molecular complexity index is 789. The molecule has 3 heterocycles. The summed E-state index contributed by atoms with van der Waals surface area (Å²) >= 11 is 0. The van der Waals surface area contributed by atoms with Gasteiger partial charge in [-0.2, -0.15) is 0 Å². The lowest BCUT2D eigenvalue weighted by molar-refractivity contribution is -0.136. The molecule has 0 bridgehead atoms. The average Bonchev–Trinajstić information content (AvgIpc) is 3.35. The molecule has 1 amide bonds. The van der Waals surface area contributed by atoms with Crippen LogP contribution in [0.5, 0.6) is 11.6 Å². The summed E-state index contributed by atoms with van der Waals surface area (Å²) in [6, 6.07) is 3.70. The maximum Gasteiger partial charge on any atom is 0.238 e. The molecule has 6 nitrogen and oxygen atoms in total. The van der Waals surface area contributed by atoms with Gasteiger partial charge in [-0.3, -0.25) is 14.8 Å². The van der Waals surface area contributed by atoms with Crippen LogP contribution >= 0.6 is 0 Å². The number of nitrogens with zero attached hydrogens (tertiary/aromatic N) is 4. The molecular formula is C20H24N4O2. The molecule has 136 valence electrons. The van der Waals surface area contributed by atoms with Crippen molar-refractivity contribution >= 4 is 5.91 Å². The predicted molar refractivity (Wildman–Crippen MR) is 96.7 cm³/mol. The first-order valence-corrected chi connectivity index (χ1v) is 9.44. The van der Waals surface area contributed by atoms with E-state index < -0.39 is 0 Å². The van der Waals surface area contributed by atoms with Crippen molar-refractivity contribution in [2.75, 3.05) is 6.54 Å². The van der Waals surface area contributed by atoms with E-state index in [2.05, 4.69) is 15.0 Å². The van der Waals surface area contributed by atoms with E-state index in [-0.39, 0.29) is 12.0 Å². The van der Waals surface area contributed by atoms with Crippen molar-refractivity contribution < 1.29 is 9.53 Å². The van der Waals surface area contributed by atoms with Gasteiger partial charge in [0.05, 0.1) is 29.8 Å². The quantitative estimate of drug-likeness (QED) is 0.836. The highest BCUT2D eigenvalue weighted by atomic mass is 16.5. The maximum atomic E-state index is 12.9. The van der Waals surface area contributed by atoms with Crippen molar-refractivity contribution in [3.63, 3.8) is 0 Å². The molecule has 4 rings (SSSR count). The number of hydrogen-bond acceptors (Lipinski definition) is 5. The van der Waals surface area contributed by atoms with Gasteiger partial charge in [0.2, 0.25) is 11.8 Å². The first kappa shape index (κ1) is 16.9. The summed E-state index contributed by atoms with van der Waals surface area (Å²) in [5, 5.41) is 0. The normalized spacial score (nSPS) is 20.5. The molecule has 0 aromatic carbocycles. The van der Waals surface area contributed by atoms with Gasteiger partial charge in [0, 0.05) is 18.7 Å². The fraction of sp³-hybridized carbons (Fsp3) is 0.500. The summed E-state index contributed by atoms with van der Waals surface area (Å²) in [6.07, 6.45) is 11.4. The Morgan fingerprint density at radius 2 is 2.04 bits per heavy atom. The first-order chi connectivity index (χ1) is 12.7. The van der Waals surface area contributed by atoms with Gasteiger partial charge in [-0.1, -0.05) is 12.8 Å². The molecule has 2 fully saturated rings. The molecule has 2 aliphatic rings. The zero-order chi connectivity index (χ0) is 17.9. The van der Waals surface area contributed by atoms with Crippen LogP contribution in [0.25, 0.3) is 0 Å². The smallest absolute Gasteiger partial charge is 0.238 e. The third kappa shape index (κ3) is 3.41. The lowest BCUT2D eigenvalue weighted by Gasteiger charge is -2.27. The third-order valence-corrected chi connectivity index (χ3v) is 5.39. The lowest BCUT2D eigenvalue weighted by Crippen LogP contribution is -2.35. The summed E-state index contributed by atoms with van der Waals surface area (Å²) in [5.74, 6) is 1.60. The Labute approximate surface area is 153 Å². The number of ether oxygens (including phenoxy) is 1. The van der Waals surface area contributed by atoms with Crippen molar-refractivity contribution in [1.82, 2.24) is 19.9 Å². The minimum Gasteiger partial charge on any atom is -0.436 e. The minimum atomic E-state index is 0.00847. The summed E-state index contributed by atoms with van der Waals surface area (Å²) in [7, 11) is 0. The summed E-state index contributed by atoms with van der Waals surface area (Å²) in [4.78, 5) is 28.1. The molecule has 0 spiro atoms. The SMILES string of the molecule is Cc1ncccc1Oc1cncc(C2CCCN2C(=O)C2CCCC2)n1. The summed E-state index contributed by atoms with van der Waals surface area (Å²) < 4.78 is 5.87. The molecule has 1 aliphatic heterocycles. The van der Waals surface area contributed by atoms with Crippen LogP contribution in [0.4, 0.5) is 0 Å². The number of amides is 1. The molecule has 0 radical (unpaired) electrons. The van der Waals surface area contributed by atoms with E-state index in [4.69, 9.17) is 4.74 Å². The third-order valence-electron chi connectivity index (χ3n) is 5.39. The van der Waals surface area contributed by atoms with E-state index in [1.165, 1.54) is 12.8 Å². The molecule has 2 aromatic rings. The molecule has 1 unspecified atom stereocenters. The molecule has 1 saturated heterocycles. The van der Waals surface area contributed by atoms with Gasteiger partial charge in [0.25, 0.3) is 0 Å². The van der Waals surface area contributed by atoms with E-state index >= 15 is 0 Å². The van der Waals surface area contributed by atoms with Crippen LogP contribution < -0.4 is 4.74 Å². The second-order valence-corrected chi connectivity index (χ2v) is 7.14. The van der Waals surface area contributed by atoms with Crippen molar-refractivity contribution in [2.45, 2.75) is 51.5 Å². The van der Waals surface area contributed by atoms with Crippen LogP contribution in [-0.4, -0.2) is 32.3 Å². The van der Waals surface area contributed by atoms with E-state index in [0.717, 1.165) is 43.6 Å². The van der Waals surface area contributed by atoms with Gasteiger partial charge in [-0.25, -0.2) is 4.98 Å². The Morgan fingerprint density at radius 3 is 2.85 bits per heavy atom. The summed E-state index contributed by atoms with van der Waals surface area (Å²) in [5.41, 5.74) is 1.62. The molecule has 0 N–H and O–H groups in total. The van der Waals surface area contributed by atoms with Gasteiger partial charge >= 0.3 is 0 Å². The fourth-order valence-electron chi connectivity index (χ4n) is 4.01. The Morgan fingerprint density at radius 1 is 1.19 bits per heavy atom. The van der Waals surface area contributed by atoms with Crippen LogP contribution in [0.3, 0.4) is 0 Å². The maximum absolute atomic E-state index is 12.9. The molecule has 1 saturated carbocycles. The van der Waals surface area contributed by atoms with Crippen LogP contribution in [-0.2, 0) is 4.79 Å². The number of carbonyl (C=O) groups excluding carboxylic acids is 1. The van der Waals surface area contributed by atoms with E-state index in [1.54, 1.807) is 18.6 Å². The van der Waals surface area contributed by atoms with Gasteiger partial charge in [0.15, 0.2) is 5.75 Å². The minimum absolute atomic E-state index is 0.00847. The largest absolute Gasteiger partial charge is 0.436 e. The molecule has 1 aliphatic carbocycles. The summed E-state index contributed by atoms with van der Waals surface area (Å²) in [6.45, 7) is 2.71. The van der Waals surface area contributed by atoms with Gasteiger partial charge in [0.1, 0.15) is 0 Å². The van der Waals surface area contributed by atoms with Crippen LogP contribution in [0, 0.1) is 12.8 Å². The molecule has 2 aromatic heterocycles. The van der Waals surface area contributed by atoms with E-state index in [9.17, 15) is 4.79 Å². The highest BCUT2D eigenvalue weighted by Gasteiger charge is 2.35. The van der Waals surface area contributed by atoms with Crippen molar-refractivity contribution in [3.05, 3.63) is 42.1 Å². The lowest BCUT2D eigenvalue weighted by atomic mass is 10.1.